The summed E-state index contributed by atoms with van der Waals surface area (Å²) in [5.74, 6) is 0. The lowest BCUT2D eigenvalue weighted by Crippen LogP contribution is -2.35. The molecule has 0 saturated carbocycles. The molecule has 28 heavy (non-hydrogen) atoms. The minimum absolute atomic E-state index is 0.305. The lowest BCUT2D eigenvalue weighted by Gasteiger charge is -2.25. The van der Waals surface area contributed by atoms with Crippen LogP contribution in [0.3, 0.4) is 0 Å². The largest absolute Gasteiger partial charge is 0.250 e. The van der Waals surface area contributed by atoms with Crippen LogP contribution in [-0.2, 0) is 32.8 Å². The zero-order chi connectivity index (χ0) is 20.2. The van der Waals surface area contributed by atoms with Gasteiger partial charge in [-0.3, -0.25) is 0 Å². The molecule has 1 atom stereocenters. The van der Waals surface area contributed by atoms with Crippen LogP contribution in [0.5, 0.6) is 0 Å². The fraction of sp³-hybridized carbons (Fsp3) is 0.300. The van der Waals surface area contributed by atoms with Crippen molar-refractivity contribution in [3.8, 4) is 0 Å². The molecule has 0 radical (unpaired) electrons. The lowest BCUT2D eigenvalue weighted by molar-refractivity contribution is 0.399. The zero-order valence-electron chi connectivity index (χ0n) is 15.9. The van der Waals surface area contributed by atoms with Crippen LogP contribution in [0.25, 0.3) is 0 Å². The first-order chi connectivity index (χ1) is 13.2. The maximum Gasteiger partial charge on any atom is 0.227 e. The molecule has 5 nitrogen and oxygen atoms in total. The summed E-state index contributed by atoms with van der Waals surface area (Å²) >= 11 is 1.18. The molecule has 1 unspecified atom stereocenters. The fourth-order valence-corrected chi connectivity index (χ4v) is 7.21. The van der Waals surface area contributed by atoms with E-state index in [4.69, 9.17) is 0 Å². The Kier molecular flexibility index (Phi) is 6.65. The van der Waals surface area contributed by atoms with Crippen LogP contribution in [0.15, 0.2) is 76.1 Å². The van der Waals surface area contributed by atoms with Gasteiger partial charge in [-0.25, -0.2) is 12.6 Å². The van der Waals surface area contributed by atoms with Crippen molar-refractivity contribution >= 4 is 31.5 Å². The third-order valence-electron chi connectivity index (χ3n) is 4.14. The second kappa shape index (κ2) is 8.82. The van der Waals surface area contributed by atoms with Crippen molar-refractivity contribution in [3.05, 3.63) is 82.9 Å². The van der Waals surface area contributed by atoms with Crippen molar-refractivity contribution in [1.82, 2.24) is 4.31 Å². The number of allylic oxidation sites excluding steroid dienone is 1. The summed E-state index contributed by atoms with van der Waals surface area (Å²) < 4.78 is 43.8. The van der Waals surface area contributed by atoms with Crippen molar-refractivity contribution in [3.63, 3.8) is 0 Å². The Morgan fingerprint density at radius 2 is 1.43 bits per heavy atom. The highest BCUT2D eigenvalue weighted by molar-refractivity contribution is 8.15. The molecule has 1 aliphatic rings. The predicted octanol–water partition coefficient (Wildman–Crippen LogP) is 4.05. The van der Waals surface area contributed by atoms with Gasteiger partial charge in [0.1, 0.15) is 9.61 Å². The van der Waals surface area contributed by atoms with Gasteiger partial charge in [-0.05, 0) is 23.6 Å². The van der Waals surface area contributed by atoms with Crippen LogP contribution < -0.4 is 0 Å². The Balaban J connectivity index is 1.85. The molecule has 0 aromatic heterocycles. The molecule has 2 aromatic rings. The van der Waals surface area contributed by atoms with Crippen molar-refractivity contribution < 1.29 is 12.6 Å². The molecule has 0 fully saturated rings. The van der Waals surface area contributed by atoms with Crippen LogP contribution in [0, 0.1) is 0 Å². The minimum atomic E-state index is -3.59. The highest BCUT2D eigenvalue weighted by atomic mass is 32.3. The first-order valence-electron chi connectivity index (χ1n) is 8.85. The fourth-order valence-electron chi connectivity index (χ4n) is 2.86. The predicted molar refractivity (Wildman–Crippen MR) is 118 cm³/mol. The zero-order valence-corrected chi connectivity index (χ0v) is 18.3. The van der Waals surface area contributed by atoms with E-state index >= 15 is 0 Å². The molecule has 0 spiro atoms. The molecule has 3 rings (SSSR count). The molecule has 1 aliphatic heterocycles. The van der Waals surface area contributed by atoms with Crippen molar-refractivity contribution in [2.45, 2.75) is 24.1 Å². The van der Waals surface area contributed by atoms with Crippen LogP contribution in [0.4, 0.5) is 0 Å². The summed E-state index contributed by atoms with van der Waals surface area (Å²) in [6, 6.07) is 19.2. The average molecular weight is 437 g/mol. The number of rotatable bonds is 7. The molecule has 0 bridgehead atoms. The molecule has 0 aliphatic carbocycles. The molecule has 0 saturated heterocycles. The first kappa shape index (κ1) is 21.1. The van der Waals surface area contributed by atoms with Crippen LogP contribution in [-0.4, -0.2) is 34.0 Å². The van der Waals surface area contributed by atoms with E-state index in [-0.39, 0.29) is 0 Å². The van der Waals surface area contributed by atoms with Gasteiger partial charge in [0.25, 0.3) is 0 Å². The summed E-state index contributed by atoms with van der Waals surface area (Å²) in [6.45, 7) is 0.611. The van der Waals surface area contributed by atoms with E-state index in [9.17, 15) is 12.6 Å². The number of sulfonamides is 1. The summed E-state index contributed by atoms with van der Waals surface area (Å²) in [5.41, 5.74) is 1.88. The lowest BCUT2D eigenvalue weighted by atomic mass is 10.2. The second-order valence-electron chi connectivity index (χ2n) is 6.88. The van der Waals surface area contributed by atoms with Gasteiger partial charge < -0.3 is 0 Å². The van der Waals surface area contributed by atoms with Crippen molar-refractivity contribution in [2.75, 3.05) is 12.5 Å². The van der Waals surface area contributed by atoms with Crippen LogP contribution in [0.1, 0.15) is 17.5 Å². The van der Waals surface area contributed by atoms with Gasteiger partial charge in [0.2, 0.25) is 10.0 Å². The Hall–Kier alpha value is -1.61. The Labute approximate surface area is 172 Å². The van der Waals surface area contributed by atoms with Gasteiger partial charge in [-0.1, -0.05) is 72.4 Å². The van der Waals surface area contributed by atoms with Crippen molar-refractivity contribution in [1.29, 1.82) is 0 Å². The molecule has 2 aromatic carbocycles. The van der Waals surface area contributed by atoms with Gasteiger partial charge >= 0.3 is 0 Å². The molecule has 0 amide bonds. The number of nitrogens with zero attached hydrogens (tertiary/aromatic N) is 2. The standard InChI is InChI=1S/C20H24N2O3S3/c1-27(2,23)21-19-13-14-20(26-19)28(24,25)22(15-17-9-5-3-6-10-17)16-18-11-7-4-8-12-18/h3-13,20H,14-16H2,1-2H3. The monoisotopic (exact) mass is 436 g/mol. The summed E-state index contributed by atoms with van der Waals surface area (Å²) in [5, 5.41) is 0.544. The molecular formula is C20H24N2O3S3. The van der Waals surface area contributed by atoms with E-state index in [0.717, 1.165) is 11.1 Å². The van der Waals surface area contributed by atoms with Gasteiger partial charge in [-0.2, -0.15) is 8.67 Å². The summed E-state index contributed by atoms with van der Waals surface area (Å²) in [7, 11) is -5.91. The molecule has 0 N–H and O–H groups in total. The molecule has 150 valence electrons. The smallest absolute Gasteiger partial charge is 0.227 e. The average Bonchev–Trinajstić information content (AvgIpc) is 3.10. The SMILES string of the molecule is CS(C)(=O)=NC1=CCC(S(=O)(=O)N(Cc2ccccc2)Cc2ccccc2)S1. The quantitative estimate of drug-likeness (QED) is 0.657. The van der Waals surface area contributed by atoms with Gasteiger partial charge in [0.05, 0.1) is 0 Å². The topological polar surface area (TPSA) is 66.8 Å². The third kappa shape index (κ3) is 5.70. The van der Waals surface area contributed by atoms with E-state index < -0.39 is 24.3 Å². The molecule has 8 heteroatoms. The van der Waals surface area contributed by atoms with E-state index in [1.165, 1.54) is 16.1 Å². The molecular weight excluding hydrogens is 412 g/mol. The third-order valence-corrected chi connectivity index (χ3v) is 8.70. The maximum atomic E-state index is 13.4. The van der Waals surface area contributed by atoms with Gasteiger partial charge in [0, 0.05) is 35.3 Å². The Bertz CT molecular complexity index is 1010. The first-order valence-corrected chi connectivity index (χ1v) is 13.6. The van der Waals surface area contributed by atoms with E-state index in [1.807, 2.05) is 60.7 Å². The Morgan fingerprint density at radius 1 is 0.929 bits per heavy atom. The summed E-state index contributed by atoms with van der Waals surface area (Å²) in [4.78, 5) is 0. The second-order valence-corrected chi connectivity index (χ2v) is 13.1. The molecule has 1 heterocycles. The summed E-state index contributed by atoms with van der Waals surface area (Å²) in [6.07, 6.45) is 5.23. The van der Waals surface area contributed by atoms with Crippen LogP contribution in [0.2, 0.25) is 0 Å². The van der Waals surface area contributed by atoms with E-state index in [1.54, 1.807) is 18.6 Å². The highest BCUT2D eigenvalue weighted by Crippen LogP contribution is 2.38. The van der Waals surface area contributed by atoms with E-state index in [0.29, 0.717) is 24.5 Å². The number of hydrogen-bond acceptors (Lipinski definition) is 5. The van der Waals surface area contributed by atoms with Crippen molar-refractivity contribution in [2.24, 2.45) is 4.36 Å². The van der Waals surface area contributed by atoms with Gasteiger partial charge in [-0.15, -0.1) is 0 Å². The van der Waals surface area contributed by atoms with Gasteiger partial charge in [0.15, 0.2) is 0 Å². The normalized spacial score (nSPS) is 17.5. The minimum Gasteiger partial charge on any atom is -0.250 e. The Morgan fingerprint density at radius 3 is 1.89 bits per heavy atom. The number of benzene rings is 2. The number of hydrogen-bond donors (Lipinski definition) is 0. The highest BCUT2D eigenvalue weighted by Gasteiger charge is 2.36. The van der Waals surface area contributed by atoms with E-state index in [2.05, 4.69) is 4.36 Å². The maximum absolute atomic E-state index is 13.4. The van der Waals surface area contributed by atoms with Crippen LogP contribution >= 0.6 is 11.8 Å². The number of thioether (sulfide) groups is 1.